The molecule has 0 N–H and O–H groups in total. The van der Waals surface area contributed by atoms with E-state index < -0.39 is 0 Å². The molecule has 0 saturated heterocycles. The van der Waals surface area contributed by atoms with Gasteiger partial charge in [-0.25, -0.2) is 14.4 Å². The fraction of sp³-hybridized carbons (Fsp3) is 0.0870. The quantitative estimate of drug-likeness (QED) is 0.230. The molecule has 0 radical (unpaired) electrons. The van der Waals surface area contributed by atoms with Crippen molar-refractivity contribution >= 4 is 55.1 Å². The van der Waals surface area contributed by atoms with E-state index in [4.69, 9.17) is 16.6 Å². The highest BCUT2D eigenvalue weighted by Crippen LogP contribution is 2.32. The van der Waals surface area contributed by atoms with E-state index in [-0.39, 0.29) is 17.9 Å². The van der Waals surface area contributed by atoms with E-state index in [0.29, 0.717) is 31.7 Å². The summed E-state index contributed by atoms with van der Waals surface area (Å²) in [7, 11) is 0. The fourth-order valence-corrected chi connectivity index (χ4v) is 5.55. The maximum atomic E-state index is 14.2. The Hall–Kier alpha value is -2.74. The molecule has 0 amide bonds. The van der Waals surface area contributed by atoms with Gasteiger partial charge in [-0.15, -0.1) is 11.3 Å². The van der Waals surface area contributed by atoms with Gasteiger partial charge in [0.25, 0.3) is 5.56 Å². The fourth-order valence-electron chi connectivity index (χ4n) is 3.35. The predicted octanol–water partition coefficient (Wildman–Crippen LogP) is 6.14. The van der Waals surface area contributed by atoms with Gasteiger partial charge in [0, 0.05) is 22.4 Å². The summed E-state index contributed by atoms with van der Waals surface area (Å²) in [6, 6.07) is 17.8. The van der Waals surface area contributed by atoms with Gasteiger partial charge >= 0.3 is 0 Å². The van der Waals surface area contributed by atoms with E-state index >= 15 is 0 Å². The lowest BCUT2D eigenvalue weighted by atomic mass is 10.2. The first-order chi connectivity index (χ1) is 15.1. The second-order valence-electron chi connectivity index (χ2n) is 6.89. The average molecular weight is 468 g/mol. The Balaban J connectivity index is 1.66. The van der Waals surface area contributed by atoms with Gasteiger partial charge in [-0.1, -0.05) is 59.8 Å². The third-order valence-electron chi connectivity index (χ3n) is 4.92. The molecule has 0 bridgehead atoms. The summed E-state index contributed by atoms with van der Waals surface area (Å²) >= 11 is 9.02. The zero-order chi connectivity index (χ0) is 21.4. The van der Waals surface area contributed by atoms with Crippen LogP contribution in [-0.4, -0.2) is 14.5 Å². The molecule has 5 aromatic rings. The number of nitrogens with zero attached hydrogens (tertiary/aromatic N) is 3. The van der Waals surface area contributed by atoms with Crippen molar-refractivity contribution in [1.29, 1.82) is 0 Å². The molecule has 0 atom stereocenters. The number of pyridine rings is 1. The number of thioether (sulfide) groups is 1. The standard InChI is InChI=1S/C23H15ClFN3OS2/c24-17-9-3-1-6-14(17)12-28-22(29)20-19(16-8-5-11-26-21(16)31-20)27-23(28)30-13-15-7-2-4-10-18(15)25/h1-11H,12-13H2. The summed E-state index contributed by atoms with van der Waals surface area (Å²) in [4.78, 5) is 23.5. The lowest BCUT2D eigenvalue weighted by molar-refractivity contribution is 0.616. The first-order valence-electron chi connectivity index (χ1n) is 9.49. The molecule has 4 nitrogen and oxygen atoms in total. The van der Waals surface area contributed by atoms with Crippen LogP contribution in [-0.2, 0) is 12.3 Å². The van der Waals surface area contributed by atoms with Crippen molar-refractivity contribution in [1.82, 2.24) is 14.5 Å². The summed E-state index contributed by atoms with van der Waals surface area (Å²) in [5.74, 6) is 0.0780. The lowest BCUT2D eigenvalue weighted by Crippen LogP contribution is -2.23. The summed E-state index contributed by atoms with van der Waals surface area (Å²) < 4.78 is 16.3. The highest BCUT2D eigenvalue weighted by Gasteiger charge is 2.18. The van der Waals surface area contributed by atoms with Crippen LogP contribution in [0.25, 0.3) is 20.4 Å². The molecule has 8 heteroatoms. The molecule has 0 aliphatic carbocycles. The lowest BCUT2D eigenvalue weighted by Gasteiger charge is -2.13. The van der Waals surface area contributed by atoms with E-state index in [9.17, 15) is 9.18 Å². The minimum atomic E-state index is -0.277. The first kappa shape index (κ1) is 20.2. The van der Waals surface area contributed by atoms with E-state index in [0.717, 1.165) is 15.8 Å². The van der Waals surface area contributed by atoms with Gasteiger partial charge in [-0.3, -0.25) is 9.36 Å². The van der Waals surface area contributed by atoms with E-state index in [1.165, 1.54) is 29.2 Å². The number of fused-ring (bicyclic) bond motifs is 3. The summed E-state index contributed by atoms with van der Waals surface area (Å²) in [5, 5.41) is 1.94. The van der Waals surface area contributed by atoms with Crippen LogP contribution in [0.2, 0.25) is 5.02 Å². The average Bonchev–Trinajstić information content (AvgIpc) is 3.16. The van der Waals surface area contributed by atoms with Crippen LogP contribution in [0.15, 0.2) is 76.8 Å². The molecule has 3 aromatic heterocycles. The van der Waals surface area contributed by atoms with E-state index in [1.807, 2.05) is 30.3 Å². The van der Waals surface area contributed by atoms with Crippen LogP contribution in [0, 0.1) is 5.82 Å². The Morgan fingerprint density at radius 1 is 1.03 bits per heavy atom. The molecule has 31 heavy (non-hydrogen) atoms. The van der Waals surface area contributed by atoms with Crippen LogP contribution < -0.4 is 5.56 Å². The van der Waals surface area contributed by atoms with Gasteiger partial charge in [0.15, 0.2) is 5.16 Å². The highest BCUT2D eigenvalue weighted by molar-refractivity contribution is 7.98. The predicted molar refractivity (Wildman–Crippen MR) is 126 cm³/mol. The largest absolute Gasteiger partial charge is 0.282 e. The molecule has 5 rings (SSSR count). The number of aromatic nitrogens is 3. The van der Waals surface area contributed by atoms with Gasteiger partial charge in [-0.05, 0) is 35.4 Å². The SMILES string of the molecule is O=c1c2sc3ncccc3c2nc(SCc2ccccc2F)n1Cc1ccccc1Cl. The third kappa shape index (κ3) is 3.84. The van der Waals surface area contributed by atoms with Crippen molar-refractivity contribution in [2.45, 2.75) is 17.5 Å². The molecule has 0 fully saturated rings. The van der Waals surface area contributed by atoms with Crippen molar-refractivity contribution in [3.8, 4) is 0 Å². The maximum absolute atomic E-state index is 14.2. The normalized spacial score (nSPS) is 11.4. The minimum Gasteiger partial charge on any atom is -0.282 e. The topological polar surface area (TPSA) is 47.8 Å². The number of rotatable bonds is 5. The maximum Gasteiger partial charge on any atom is 0.272 e. The summed E-state index contributed by atoms with van der Waals surface area (Å²) in [5.41, 5.74) is 1.86. The smallest absolute Gasteiger partial charge is 0.272 e. The molecule has 154 valence electrons. The van der Waals surface area contributed by atoms with E-state index in [2.05, 4.69) is 4.98 Å². The highest BCUT2D eigenvalue weighted by atomic mass is 35.5. The van der Waals surface area contributed by atoms with Crippen molar-refractivity contribution < 1.29 is 4.39 Å². The molecule has 0 unspecified atom stereocenters. The second kappa shape index (κ2) is 8.42. The Morgan fingerprint density at radius 2 is 1.81 bits per heavy atom. The molecule has 0 aliphatic heterocycles. The number of hydrogen-bond acceptors (Lipinski definition) is 5. The first-order valence-corrected chi connectivity index (χ1v) is 11.7. The molecule has 3 heterocycles. The Kier molecular flexibility index (Phi) is 5.48. The Bertz CT molecular complexity index is 1480. The van der Waals surface area contributed by atoms with Gasteiger partial charge in [-0.2, -0.15) is 0 Å². The summed E-state index contributed by atoms with van der Waals surface area (Å²) in [6.07, 6.45) is 1.70. The zero-order valence-corrected chi connectivity index (χ0v) is 18.5. The third-order valence-corrected chi connectivity index (χ3v) is 7.40. The van der Waals surface area contributed by atoms with Crippen LogP contribution in [0.4, 0.5) is 4.39 Å². The molecular formula is C23H15ClFN3OS2. The number of hydrogen-bond donors (Lipinski definition) is 0. The minimum absolute atomic E-state index is 0.149. The van der Waals surface area contributed by atoms with Gasteiger partial charge in [0.05, 0.1) is 12.1 Å². The molecule has 0 aliphatic rings. The van der Waals surface area contributed by atoms with Crippen molar-refractivity contribution in [3.05, 3.63) is 99.2 Å². The van der Waals surface area contributed by atoms with Gasteiger partial charge in [0.1, 0.15) is 15.3 Å². The summed E-state index contributed by atoms with van der Waals surface area (Å²) in [6.45, 7) is 0.280. The number of thiophene rings is 1. The monoisotopic (exact) mass is 467 g/mol. The zero-order valence-electron chi connectivity index (χ0n) is 16.1. The molecule has 0 saturated carbocycles. The van der Waals surface area contributed by atoms with Gasteiger partial charge < -0.3 is 0 Å². The van der Waals surface area contributed by atoms with Crippen LogP contribution in [0.5, 0.6) is 0 Å². The van der Waals surface area contributed by atoms with Crippen molar-refractivity contribution in [3.63, 3.8) is 0 Å². The van der Waals surface area contributed by atoms with E-state index in [1.54, 1.807) is 35.0 Å². The van der Waals surface area contributed by atoms with Crippen LogP contribution in [0.3, 0.4) is 0 Å². The number of halogens is 2. The Morgan fingerprint density at radius 3 is 2.61 bits per heavy atom. The van der Waals surface area contributed by atoms with Crippen molar-refractivity contribution in [2.24, 2.45) is 0 Å². The van der Waals surface area contributed by atoms with Gasteiger partial charge in [0.2, 0.25) is 0 Å². The van der Waals surface area contributed by atoms with Crippen LogP contribution >= 0.6 is 34.7 Å². The number of benzene rings is 2. The Labute approximate surface area is 190 Å². The second-order valence-corrected chi connectivity index (χ2v) is 9.24. The molecular weight excluding hydrogens is 453 g/mol. The van der Waals surface area contributed by atoms with Crippen molar-refractivity contribution in [2.75, 3.05) is 0 Å². The molecule has 2 aromatic carbocycles. The van der Waals surface area contributed by atoms with Crippen LogP contribution in [0.1, 0.15) is 11.1 Å². The molecule has 0 spiro atoms.